The Kier molecular flexibility index (Phi) is 8.66. The summed E-state index contributed by atoms with van der Waals surface area (Å²) in [6.07, 6.45) is 16.9. The zero-order chi connectivity index (χ0) is 21.7. The second-order valence-corrected chi connectivity index (χ2v) is 30.0. The van der Waals surface area contributed by atoms with Gasteiger partial charge in [-0.05, 0) is 0 Å². The van der Waals surface area contributed by atoms with E-state index in [-0.39, 0.29) is 0 Å². The third kappa shape index (κ3) is 5.81. The molecule has 5 heteroatoms. The molecule has 0 N–H and O–H groups in total. The summed E-state index contributed by atoms with van der Waals surface area (Å²) in [6, 6.07) is 6.24. The molecule has 3 saturated carbocycles. The summed E-state index contributed by atoms with van der Waals surface area (Å²) in [6.45, 7) is 0. The Hall–Kier alpha value is 0.159. The fourth-order valence-corrected chi connectivity index (χ4v) is 39.7. The molecule has 0 nitrogen and oxygen atoms in total. The Morgan fingerprint density at radius 1 is 0.710 bits per heavy atom. The van der Waals surface area contributed by atoms with Gasteiger partial charge < -0.3 is 0 Å². The molecule has 174 valence electrons. The first kappa shape index (κ1) is 24.3. The van der Waals surface area contributed by atoms with Crippen LogP contribution in [-0.2, 0) is 11.9 Å². The van der Waals surface area contributed by atoms with Gasteiger partial charge in [0.2, 0.25) is 0 Å². The van der Waals surface area contributed by atoms with E-state index in [1.54, 1.807) is 6.07 Å². The Morgan fingerprint density at radius 2 is 1.16 bits per heavy atom. The van der Waals surface area contributed by atoms with E-state index in [1.165, 1.54) is 108 Å². The van der Waals surface area contributed by atoms with E-state index in [0.29, 0.717) is 0 Å². The second-order valence-electron chi connectivity index (χ2n) is 10.3. The van der Waals surface area contributed by atoms with Gasteiger partial charge in [0, 0.05) is 0 Å². The molecule has 0 atom stereocenters. The number of hydrogen-bond donors (Lipinski definition) is 0. The van der Waals surface area contributed by atoms with E-state index in [0.717, 1.165) is 23.1 Å². The molecule has 3 aliphatic rings. The van der Waals surface area contributed by atoms with Gasteiger partial charge in [0.1, 0.15) is 0 Å². The summed E-state index contributed by atoms with van der Waals surface area (Å²) in [5.74, 6) is 0.823. The van der Waals surface area contributed by atoms with E-state index in [1.807, 2.05) is 6.07 Å². The summed E-state index contributed by atoms with van der Waals surface area (Å²) < 4.78 is 42.9. The molecule has 3 fully saturated rings. The molecule has 1 aromatic rings. The van der Waals surface area contributed by atoms with Crippen LogP contribution >= 0.6 is 8.95 Å². The van der Waals surface area contributed by atoms with E-state index in [9.17, 15) is 13.2 Å². The van der Waals surface area contributed by atoms with Crippen molar-refractivity contribution in [3.8, 4) is 0 Å². The summed E-state index contributed by atoms with van der Waals surface area (Å²) in [4.78, 5) is 0. The molecule has 0 heterocycles. The molecule has 0 radical (unpaired) electrons. The number of halogens is 3. The third-order valence-electron chi connectivity index (χ3n) is 8.47. The molecule has 0 unspecified atom stereocenters. The zero-order valence-electron chi connectivity index (χ0n) is 18.9. The van der Waals surface area contributed by atoms with Crippen molar-refractivity contribution in [2.45, 2.75) is 120 Å². The number of benzene rings is 1. The van der Waals surface area contributed by atoms with E-state index >= 15 is 0 Å². The van der Waals surface area contributed by atoms with Crippen LogP contribution in [0, 0.1) is 0 Å². The van der Waals surface area contributed by atoms with Crippen molar-refractivity contribution in [3.63, 3.8) is 0 Å². The summed E-state index contributed by atoms with van der Waals surface area (Å²) in [7, 11) is 2.30. The summed E-state index contributed by atoms with van der Waals surface area (Å²) in [5, 5.41) is 0. The van der Waals surface area contributed by atoms with Crippen LogP contribution in [-0.4, -0.2) is 17.0 Å². The molecule has 0 bridgehead atoms. The topological polar surface area (TPSA) is 0 Å². The monoisotopic (exact) mass is 560 g/mol. The van der Waals surface area contributed by atoms with Crippen molar-refractivity contribution in [2.75, 3.05) is 0 Å². The molecule has 4 rings (SSSR count). The van der Waals surface area contributed by atoms with Crippen LogP contribution < -0.4 is 0 Å². The zero-order valence-corrected chi connectivity index (χ0v) is 22.6. The Labute approximate surface area is 193 Å². The number of hydrogen-bond acceptors (Lipinski definition) is 1. The van der Waals surface area contributed by atoms with Crippen LogP contribution in [0.3, 0.4) is 0 Å². The first-order valence-corrected chi connectivity index (χ1v) is 22.2. The quantitative estimate of drug-likeness (QED) is 0.313. The minimum atomic E-state index is -4.24. The normalized spacial score (nSPS) is 23.2. The first-order chi connectivity index (χ1) is 15.0. The Balaban J connectivity index is 1.64. The summed E-state index contributed by atoms with van der Waals surface area (Å²) in [5.41, 5.74) is 0.433. The van der Waals surface area contributed by atoms with Crippen LogP contribution in [0.4, 0.5) is 13.2 Å². The molecule has 0 spiro atoms. The van der Waals surface area contributed by atoms with Crippen molar-refractivity contribution < 1.29 is 13.2 Å². The van der Waals surface area contributed by atoms with Crippen LogP contribution in [0.5, 0.6) is 0 Å². The average molecular weight is 559 g/mol. The van der Waals surface area contributed by atoms with Gasteiger partial charge in [-0.25, -0.2) is 0 Å². The number of alkyl halides is 3. The van der Waals surface area contributed by atoms with Crippen LogP contribution in [0.15, 0.2) is 24.3 Å². The molecule has 31 heavy (non-hydrogen) atoms. The average Bonchev–Trinajstić information content (AvgIpc) is 2.81. The molecular weight excluding hydrogens is 520 g/mol. The van der Waals surface area contributed by atoms with Gasteiger partial charge in [-0.15, -0.1) is 0 Å². The minimum absolute atomic E-state index is 0.473. The number of rotatable bonds is 6. The predicted octanol–water partition coefficient (Wildman–Crippen LogP) is 9.89. The predicted molar refractivity (Wildman–Crippen MR) is 129 cm³/mol. The summed E-state index contributed by atoms with van der Waals surface area (Å²) >= 11 is -2.72. The first-order valence-electron chi connectivity index (χ1n) is 12.8. The Bertz CT molecular complexity index is 641. The molecule has 3 aliphatic carbocycles. The van der Waals surface area contributed by atoms with Crippen molar-refractivity contribution >= 4 is 25.9 Å². The van der Waals surface area contributed by atoms with Crippen molar-refractivity contribution in [2.24, 2.45) is 0 Å². The van der Waals surface area contributed by atoms with Crippen LogP contribution in [0.1, 0.15) is 107 Å². The van der Waals surface area contributed by atoms with Gasteiger partial charge in [-0.3, -0.25) is 0 Å². The standard InChI is InChI=1S/C8H7F3S.3C6H11.Sn/c9-8(10,11)7-3-1-2-6(4-7)5-12;3*1-2-4-6-5-3-1;/h1-4,12H,5H2;3*1H,2-6H2;/q;;;;+1/p-1. The van der Waals surface area contributed by atoms with Gasteiger partial charge >= 0.3 is 195 Å². The molecule has 0 aliphatic heterocycles. The van der Waals surface area contributed by atoms with Crippen LogP contribution in [0.25, 0.3) is 0 Å². The van der Waals surface area contributed by atoms with E-state index < -0.39 is 28.7 Å². The fraction of sp³-hybridized carbons (Fsp3) is 0.769. The van der Waals surface area contributed by atoms with Crippen molar-refractivity contribution in [1.82, 2.24) is 0 Å². The SMILES string of the molecule is FC(F)(F)c1cccc(C[S][Sn]([CH]2CCCCC2)([CH]2CCCCC2)[CH]2CCCCC2)c1. The van der Waals surface area contributed by atoms with E-state index in [4.69, 9.17) is 0 Å². The van der Waals surface area contributed by atoms with Gasteiger partial charge in [-0.2, -0.15) is 0 Å². The van der Waals surface area contributed by atoms with Gasteiger partial charge in [0.25, 0.3) is 0 Å². The second kappa shape index (κ2) is 11.1. The van der Waals surface area contributed by atoms with Crippen molar-refractivity contribution in [1.29, 1.82) is 0 Å². The molecule has 0 saturated heterocycles. The van der Waals surface area contributed by atoms with Gasteiger partial charge in [0.05, 0.1) is 0 Å². The van der Waals surface area contributed by atoms with Gasteiger partial charge in [-0.1, -0.05) is 0 Å². The molecule has 1 aromatic carbocycles. The Morgan fingerprint density at radius 3 is 1.58 bits per heavy atom. The molecular formula is C26H39F3SSn. The maximum absolute atomic E-state index is 13.3. The third-order valence-corrected chi connectivity index (χ3v) is 37.5. The van der Waals surface area contributed by atoms with Gasteiger partial charge in [0.15, 0.2) is 0 Å². The molecule has 0 amide bonds. The maximum atomic E-state index is 13.3. The van der Waals surface area contributed by atoms with E-state index in [2.05, 4.69) is 8.95 Å². The van der Waals surface area contributed by atoms with Crippen LogP contribution in [0.2, 0.25) is 11.8 Å². The molecule has 0 aromatic heterocycles. The fourth-order valence-electron chi connectivity index (χ4n) is 7.06. The van der Waals surface area contributed by atoms with Crippen molar-refractivity contribution in [3.05, 3.63) is 35.4 Å².